The third-order valence-electron chi connectivity index (χ3n) is 5.55. The van der Waals surface area contributed by atoms with Crippen LogP contribution in [0.1, 0.15) is 50.5 Å². The lowest BCUT2D eigenvalue weighted by molar-refractivity contribution is 0.141. The maximum Gasteiger partial charge on any atom is 0.252 e. The lowest BCUT2D eigenvalue weighted by atomic mass is 10.1. The Hall–Kier alpha value is -2.82. The van der Waals surface area contributed by atoms with Gasteiger partial charge in [0.15, 0.2) is 5.82 Å². The molecule has 0 radical (unpaired) electrons. The van der Waals surface area contributed by atoms with Gasteiger partial charge in [-0.15, -0.1) is 5.10 Å². The lowest BCUT2D eigenvalue weighted by Gasteiger charge is -2.30. The number of aromatic nitrogens is 5. The van der Waals surface area contributed by atoms with Crippen LogP contribution in [0.2, 0.25) is 0 Å². The molecule has 0 aliphatic rings. The van der Waals surface area contributed by atoms with Crippen molar-refractivity contribution in [3.8, 4) is 5.75 Å². The van der Waals surface area contributed by atoms with Crippen LogP contribution in [0.3, 0.4) is 0 Å². The molecule has 10 nitrogen and oxygen atoms in total. The zero-order valence-corrected chi connectivity index (χ0v) is 19.7. The number of rotatable bonds is 14. The van der Waals surface area contributed by atoms with Crippen molar-refractivity contribution in [3.05, 3.63) is 46.0 Å². The van der Waals surface area contributed by atoms with Crippen molar-refractivity contribution in [2.45, 2.75) is 52.2 Å². The summed E-state index contributed by atoms with van der Waals surface area (Å²) >= 11 is 0. The molecule has 3 aromatic rings. The second kappa shape index (κ2) is 12.4. The first-order valence-electron chi connectivity index (χ1n) is 11.5. The van der Waals surface area contributed by atoms with Crippen molar-refractivity contribution in [2.24, 2.45) is 0 Å². The van der Waals surface area contributed by atoms with Crippen molar-refractivity contribution >= 4 is 10.9 Å². The summed E-state index contributed by atoms with van der Waals surface area (Å²) in [6.45, 7) is 6.75. The molecule has 180 valence electrons. The number of tetrazole rings is 1. The van der Waals surface area contributed by atoms with E-state index >= 15 is 0 Å². The number of hydrogen-bond donors (Lipinski definition) is 2. The van der Waals surface area contributed by atoms with Gasteiger partial charge in [0.1, 0.15) is 5.75 Å². The van der Waals surface area contributed by atoms with Crippen LogP contribution in [-0.4, -0.2) is 68.7 Å². The molecular weight excluding hydrogens is 424 g/mol. The van der Waals surface area contributed by atoms with Crippen molar-refractivity contribution in [1.29, 1.82) is 0 Å². The van der Waals surface area contributed by atoms with E-state index in [1.54, 1.807) is 11.8 Å². The number of pyridine rings is 1. The van der Waals surface area contributed by atoms with Crippen molar-refractivity contribution in [3.63, 3.8) is 0 Å². The van der Waals surface area contributed by atoms with Gasteiger partial charge in [-0.1, -0.05) is 13.3 Å². The van der Waals surface area contributed by atoms with Gasteiger partial charge >= 0.3 is 0 Å². The predicted molar refractivity (Wildman–Crippen MR) is 125 cm³/mol. The second-order valence-electron chi connectivity index (χ2n) is 7.91. The van der Waals surface area contributed by atoms with Crippen molar-refractivity contribution in [2.75, 3.05) is 33.5 Å². The van der Waals surface area contributed by atoms with E-state index in [1.807, 2.05) is 31.2 Å². The molecule has 0 spiro atoms. The maximum atomic E-state index is 12.9. The summed E-state index contributed by atoms with van der Waals surface area (Å²) in [5, 5.41) is 22.7. The Kier molecular flexibility index (Phi) is 9.35. The summed E-state index contributed by atoms with van der Waals surface area (Å²) in [5.41, 5.74) is 1.28. The fourth-order valence-electron chi connectivity index (χ4n) is 3.98. The number of H-pyrrole nitrogens is 1. The highest BCUT2D eigenvalue weighted by atomic mass is 16.5. The molecule has 33 heavy (non-hydrogen) atoms. The zero-order valence-electron chi connectivity index (χ0n) is 19.7. The van der Waals surface area contributed by atoms with Crippen LogP contribution in [0.15, 0.2) is 29.1 Å². The Balaban J connectivity index is 1.96. The first-order chi connectivity index (χ1) is 16.1. The molecule has 0 unspecified atom stereocenters. The summed E-state index contributed by atoms with van der Waals surface area (Å²) in [7, 11) is 1.64. The summed E-state index contributed by atoms with van der Waals surface area (Å²) in [6.07, 6.45) is 2.32. The average molecular weight is 459 g/mol. The highest BCUT2D eigenvalue weighted by molar-refractivity contribution is 5.80. The Morgan fingerprint density at radius 1 is 1.27 bits per heavy atom. The average Bonchev–Trinajstić information content (AvgIpc) is 3.28. The number of benzene rings is 1. The number of nitrogens with one attached hydrogen (secondary N) is 1. The number of nitrogens with zero attached hydrogens (tertiary/aromatic N) is 5. The van der Waals surface area contributed by atoms with Gasteiger partial charge in [-0.05, 0) is 54.5 Å². The zero-order chi connectivity index (χ0) is 23.6. The predicted octanol–water partition coefficient (Wildman–Crippen LogP) is 2.29. The summed E-state index contributed by atoms with van der Waals surface area (Å²) in [5.74, 6) is 1.50. The first kappa shape index (κ1) is 24.8. The normalized spacial score (nSPS) is 12.5. The molecule has 0 saturated heterocycles. The molecular formula is C23H34N6O4. The first-order valence-corrected chi connectivity index (χ1v) is 11.5. The fourth-order valence-corrected chi connectivity index (χ4v) is 3.98. The summed E-state index contributed by atoms with van der Waals surface area (Å²) in [6, 6.07) is 7.47. The number of aliphatic hydroxyl groups excluding tert-OH is 1. The summed E-state index contributed by atoms with van der Waals surface area (Å²) < 4.78 is 12.6. The number of aromatic amines is 1. The quantitative estimate of drug-likeness (QED) is 0.378. The minimum absolute atomic E-state index is 0.0652. The number of hydrogen-bond acceptors (Lipinski definition) is 8. The monoisotopic (exact) mass is 458 g/mol. The SMILES string of the molecule is CCC[C@@H](c1nnnn1CCOC)N(CCCO)Cc1cc2cc(OCC)ccc2[nH]c1=O. The Morgan fingerprint density at radius 3 is 2.85 bits per heavy atom. The van der Waals surface area contributed by atoms with Crippen LogP contribution < -0.4 is 10.3 Å². The Bertz CT molecular complexity index is 1070. The van der Waals surface area contributed by atoms with Crippen molar-refractivity contribution < 1.29 is 14.6 Å². The van der Waals surface area contributed by atoms with Gasteiger partial charge in [-0.2, -0.15) is 0 Å². The minimum Gasteiger partial charge on any atom is -0.494 e. The van der Waals surface area contributed by atoms with Gasteiger partial charge in [-0.3, -0.25) is 9.69 Å². The molecule has 0 fully saturated rings. The van der Waals surface area contributed by atoms with E-state index in [4.69, 9.17) is 9.47 Å². The molecule has 1 atom stereocenters. The maximum absolute atomic E-state index is 12.9. The smallest absolute Gasteiger partial charge is 0.252 e. The van der Waals surface area contributed by atoms with E-state index in [2.05, 4.69) is 32.3 Å². The second-order valence-corrected chi connectivity index (χ2v) is 7.91. The van der Waals surface area contributed by atoms with Gasteiger partial charge in [-0.25, -0.2) is 4.68 Å². The molecule has 2 aromatic heterocycles. The Morgan fingerprint density at radius 2 is 2.12 bits per heavy atom. The lowest BCUT2D eigenvalue weighted by Crippen LogP contribution is -2.34. The number of aliphatic hydroxyl groups is 1. The molecule has 10 heteroatoms. The van der Waals surface area contributed by atoms with Gasteiger partial charge in [0.2, 0.25) is 0 Å². The van der Waals surface area contributed by atoms with Crippen molar-refractivity contribution in [1.82, 2.24) is 30.1 Å². The standard InChI is InChI=1S/C23H34N6O4/c1-4-7-21(22-25-26-27-29(22)11-13-32-3)28(10-6-12-30)16-18-14-17-15-19(33-5-2)8-9-20(17)24-23(18)31/h8-9,14-15,21,30H,4-7,10-13,16H2,1-3H3,(H,24,31)/t21-/m0/s1. The van der Waals surface area contributed by atoms with E-state index in [-0.39, 0.29) is 18.2 Å². The van der Waals surface area contributed by atoms with E-state index in [9.17, 15) is 9.90 Å². The molecule has 2 N–H and O–H groups in total. The van der Waals surface area contributed by atoms with Crippen LogP contribution in [0, 0.1) is 0 Å². The highest BCUT2D eigenvalue weighted by Gasteiger charge is 2.26. The number of methoxy groups -OCH3 is 1. The molecule has 0 aliphatic heterocycles. The van der Waals surface area contributed by atoms with Gasteiger partial charge < -0.3 is 19.6 Å². The van der Waals surface area contributed by atoms with Gasteiger partial charge in [0, 0.05) is 43.3 Å². The number of fused-ring (bicyclic) bond motifs is 1. The largest absolute Gasteiger partial charge is 0.494 e. The van der Waals surface area contributed by atoms with Crippen LogP contribution in [0.4, 0.5) is 0 Å². The van der Waals surface area contributed by atoms with Gasteiger partial charge in [0.05, 0.1) is 25.8 Å². The molecule has 3 rings (SSSR count). The third kappa shape index (κ3) is 6.37. The fraction of sp³-hybridized carbons (Fsp3) is 0.565. The van der Waals surface area contributed by atoms with Crippen LogP contribution in [0.25, 0.3) is 10.9 Å². The van der Waals surface area contributed by atoms with Crippen LogP contribution in [0.5, 0.6) is 5.75 Å². The van der Waals surface area contributed by atoms with Crippen LogP contribution >= 0.6 is 0 Å². The molecule has 0 saturated carbocycles. The topological polar surface area (TPSA) is 118 Å². The van der Waals surface area contributed by atoms with Gasteiger partial charge in [0.25, 0.3) is 5.56 Å². The van der Waals surface area contributed by atoms with Crippen LogP contribution in [-0.2, 0) is 17.8 Å². The minimum atomic E-state index is -0.130. The van der Waals surface area contributed by atoms with E-state index in [0.29, 0.717) is 44.8 Å². The molecule has 1 aromatic carbocycles. The Labute approximate surface area is 193 Å². The third-order valence-corrected chi connectivity index (χ3v) is 5.55. The molecule has 0 aliphatic carbocycles. The van der Waals surface area contributed by atoms with E-state index in [1.165, 1.54) is 0 Å². The molecule has 0 amide bonds. The molecule has 0 bridgehead atoms. The van der Waals surface area contributed by atoms with E-state index < -0.39 is 0 Å². The van der Waals surface area contributed by atoms with E-state index in [0.717, 1.165) is 35.3 Å². The summed E-state index contributed by atoms with van der Waals surface area (Å²) in [4.78, 5) is 18.1. The highest BCUT2D eigenvalue weighted by Crippen LogP contribution is 2.26. The molecule has 2 heterocycles. The number of ether oxygens (including phenoxy) is 2.